The van der Waals surface area contributed by atoms with Crippen LogP contribution in [-0.2, 0) is 0 Å². The second-order valence-corrected chi connectivity index (χ2v) is 7.21. The lowest BCUT2D eigenvalue weighted by atomic mass is 10.4. The van der Waals surface area contributed by atoms with Gasteiger partial charge in [0.05, 0.1) is 0 Å². The van der Waals surface area contributed by atoms with Gasteiger partial charge in [0.15, 0.2) is 0 Å². The van der Waals surface area contributed by atoms with Gasteiger partial charge in [-0.2, -0.15) is 0 Å². The van der Waals surface area contributed by atoms with Crippen LogP contribution in [0.4, 0.5) is 0 Å². The molecule has 0 amide bonds. The zero-order valence-corrected chi connectivity index (χ0v) is 9.97. The second kappa shape index (κ2) is 5.55. The summed E-state index contributed by atoms with van der Waals surface area (Å²) in [6.45, 7) is 0. The summed E-state index contributed by atoms with van der Waals surface area (Å²) in [4.78, 5) is 0. The van der Waals surface area contributed by atoms with E-state index in [1.54, 1.807) is 0 Å². The van der Waals surface area contributed by atoms with Gasteiger partial charge in [-0.25, -0.2) is 0 Å². The van der Waals surface area contributed by atoms with Gasteiger partial charge in [-0.3, -0.25) is 0 Å². The molecule has 0 spiro atoms. The first kappa shape index (κ1) is 10.2. The Hall–Kier alpha value is 0.700. The maximum atomic E-state index is 2.23. The zero-order chi connectivity index (χ0) is 8.93. The Balaban J connectivity index is 1.52. The molecule has 0 radical (unpaired) electrons. The first-order valence-corrected chi connectivity index (χ1v) is 7.78. The van der Waals surface area contributed by atoms with Gasteiger partial charge < -0.3 is 0 Å². The molecule has 0 unspecified atom stereocenters. The molecule has 2 saturated carbocycles. The van der Waals surface area contributed by atoms with Crippen molar-refractivity contribution in [2.24, 2.45) is 0 Å². The SMILES string of the molecule is C1CCC(SCSC2CCCC2)C1. The minimum Gasteiger partial charge on any atom is -0.148 e. The van der Waals surface area contributed by atoms with E-state index in [2.05, 4.69) is 23.5 Å². The van der Waals surface area contributed by atoms with Crippen molar-refractivity contribution < 1.29 is 0 Å². The van der Waals surface area contributed by atoms with Crippen LogP contribution in [0.5, 0.6) is 0 Å². The Kier molecular flexibility index (Phi) is 4.36. The van der Waals surface area contributed by atoms with E-state index in [1.807, 2.05) is 0 Å². The van der Waals surface area contributed by atoms with Crippen molar-refractivity contribution in [3.8, 4) is 0 Å². The minimum atomic E-state index is 1.02. The van der Waals surface area contributed by atoms with Crippen LogP contribution in [0, 0.1) is 0 Å². The quantitative estimate of drug-likeness (QED) is 0.643. The maximum Gasteiger partial charge on any atom is 0.0397 e. The topological polar surface area (TPSA) is 0 Å². The predicted molar refractivity (Wildman–Crippen MR) is 64.6 cm³/mol. The molecule has 0 N–H and O–H groups in total. The highest BCUT2D eigenvalue weighted by atomic mass is 32.2. The van der Waals surface area contributed by atoms with E-state index in [-0.39, 0.29) is 0 Å². The fourth-order valence-electron chi connectivity index (χ4n) is 2.34. The van der Waals surface area contributed by atoms with Gasteiger partial charge in [-0.05, 0) is 25.7 Å². The molecule has 0 aromatic rings. The summed E-state index contributed by atoms with van der Waals surface area (Å²) in [5.41, 5.74) is 0. The average Bonchev–Trinajstić information content (AvgIpc) is 2.75. The van der Waals surface area contributed by atoms with Crippen LogP contribution in [-0.4, -0.2) is 15.6 Å². The summed E-state index contributed by atoms with van der Waals surface area (Å²) in [6, 6.07) is 0. The van der Waals surface area contributed by atoms with E-state index in [1.165, 1.54) is 56.5 Å². The Morgan fingerprint density at radius 1 is 0.692 bits per heavy atom. The van der Waals surface area contributed by atoms with Gasteiger partial charge in [0.1, 0.15) is 0 Å². The Bertz CT molecular complexity index is 119. The van der Waals surface area contributed by atoms with E-state index in [0.29, 0.717) is 0 Å². The number of rotatable bonds is 4. The molecule has 0 saturated heterocycles. The summed E-state index contributed by atoms with van der Waals surface area (Å²) in [7, 11) is 0. The van der Waals surface area contributed by atoms with Crippen molar-refractivity contribution >= 4 is 23.5 Å². The molecule has 0 aromatic carbocycles. The van der Waals surface area contributed by atoms with Crippen LogP contribution < -0.4 is 0 Å². The summed E-state index contributed by atoms with van der Waals surface area (Å²) < 4.78 is 0. The molecule has 2 heteroatoms. The van der Waals surface area contributed by atoms with Crippen LogP contribution in [0.15, 0.2) is 0 Å². The molecule has 2 aliphatic carbocycles. The molecule has 0 heterocycles. The summed E-state index contributed by atoms with van der Waals surface area (Å²) in [5.74, 6) is 0. The third-order valence-corrected chi connectivity index (χ3v) is 6.19. The highest BCUT2D eigenvalue weighted by Gasteiger charge is 2.18. The fourth-order valence-corrected chi connectivity index (χ4v) is 5.53. The maximum absolute atomic E-state index is 2.23. The van der Waals surface area contributed by atoms with Crippen LogP contribution in [0.25, 0.3) is 0 Å². The van der Waals surface area contributed by atoms with Crippen molar-refractivity contribution in [1.82, 2.24) is 0 Å². The van der Waals surface area contributed by atoms with Crippen LogP contribution in [0.2, 0.25) is 0 Å². The molecule has 2 aliphatic rings. The molecule has 0 atom stereocenters. The average molecular weight is 216 g/mol. The zero-order valence-electron chi connectivity index (χ0n) is 8.34. The molecule has 0 nitrogen and oxygen atoms in total. The lowest BCUT2D eigenvalue weighted by Crippen LogP contribution is -1.98. The molecule has 0 aromatic heterocycles. The van der Waals surface area contributed by atoms with E-state index >= 15 is 0 Å². The lowest BCUT2D eigenvalue weighted by molar-refractivity contribution is 0.886. The summed E-state index contributed by atoms with van der Waals surface area (Å²) in [6.07, 6.45) is 12.0. The largest absolute Gasteiger partial charge is 0.148 e. The van der Waals surface area contributed by atoms with Gasteiger partial charge in [-0.1, -0.05) is 25.7 Å². The van der Waals surface area contributed by atoms with E-state index in [4.69, 9.17) is 0 Å². The van der Waals surface area contributed by atoms with Crippen molar-refractivity contribution in [1.29, 1.82) is 0 Å². The van der Waals surface area contributed by atoms with Gasteiger partial charge in [-0.15, -0.1) is 23.5 Å². The molecule has 0 aliphatic heterocycles. The number of hydrogen-bond acceptors (Lipinski definition) is 2. The molecule has 2 fully saturated rings. The monoisotopic (exact) mass is 216 g/mol. The summed E-state index contributed by atoms with van der Waals surface area (Å²) >= 11 is 4.47. The van der Waals surface area contributed by atoms with Gasteiger partial charge >= 0.3 is 0 Å². The van der Waals surface area contributed by atoms with Crippen molar-refractivity contribution in [2.45, 2.75) is 61.9 Å². The number of hydrogen-bond donors (Lipinski definition) is 0. The standard InChI is InChI=1S/C11H20S2/c1-2-6-10(5-1)12-9-13-11-7-3-4-8-11/h10-11H,1-9H2. The first-order valence-electron chi connectivity index (χ1n) is 5.68. The van der Waals surface area contributed by atoms with Crippen LogP contribution >= 0.6 is 23.5 Å². The van der Waals surface area contributed by atoms with Crippen molar-refractivity contribution in [3.05, 3.63) is 0 Å². The van der Waals surface area contributed by atoms with Crippen LogP contribution in [0.1, 0.15) is 51.4 Å². The second-order valence-electron chi connectivity index (χ2n) is 4.26. The Labute approximate surface area is 90.6 Å². The van der Waals surface area contributed by atoms with Gasteiger partial charge in [0.25, 0.3) is 0 Å². The molecule has 2 rings (SSSR count). The summed E-state index contributed by atoms with van der Waals surface area (Å²) in [5, 5.41) is 3.41. The highest BCUT2D eigenvalue weighted by molar-refractivity contribution is 8.16. The normalized spacial score (nSPS) is 25.8. The van der Waals surface area contributed by atoms with E-state index in [0.717, 1.165) is 10.5 Å². The van der Waals surface area contributed by atoms with Gasteiger partial charge in [0, 0.05) is 15.6 Å². The molecular formula is C11H20S2. The first-order chi connectivity index (χ1) is 6.45. The highest BCUT2D eigenvalue weighted by Crippen LogP contribution is 2.36. The molecule has 76 valence electrons. The lowest BCUT2D eigenvalue weighted by Gasteiger charge is -2.11. The van der Waals surface area contributed by atoms with Crippen molar-refractivity contribution in [2.75, 3.05) is 5.08 Å². The molecule has 0 bridgehead atoms. The third-order valence-electron chi connectivity index (χ3n) is 3.21. The van der Waals surface area contributed by atoms with E-state index < -0.39 is 0 Å². The Morgan fingerprint density at radius 3 is 1.46 bits per heavy atom. The van der Waals surface area contributed by atoms with Crippen molar-refractivity contribution in [3.63, 3.8) is 0 Å². The van der Waals surface area contributed by atoms with E-state index in [9.17, 15) is 0 Å². The predicted octanol–water partition coefficient (Wildman–Crippen LogP) is 4.30. The Morgan fingerprint density at radius 2 is 1.08 bits per heavy atom. The number of thioether (sulfide) groups is 2. The third kappa shape index (κ3) is 3.39. The fraction of sp³-hybridized carbons (Fsp3) is 1.00. The smallest absolute Gasteiger partial charge is 0.0397 e. The molecular weight excluding hydrogens is 196 g/mol. The minimum absolute atomic E-state index is 1.02. The van der Waals surface area contributed by atoms with Gasteiger partial charge in [0.2, 0.25) is 0 Å². The molecule has 13 heavy (non-hydrogen) atoms. The van der Waals surface area contributed by atoms with Crippen LogP contribution in [0.3, 0.4) is 0 Å².